The summed E-state index contributed by atoms with van der Waals surface area (Å²) in [7, 11) is 1.59. The first-order valence-electron chi connectivity index (χ1n) is 8.36. The number of carboxylic acid groups (broad SMARTS) is 1. The summed E-state index contributed by atoms with van der Waals surface area (Å²) >= 11 is 0. The number of aliphatic carboxylic acids is 1. The minimum Gasteiger partial charge on any atom is -0.548 e. The SMILES string of the molecule is COc1ccc2[nH]c3c(c2c1)CCN1C(=O)N([C@@H](C)C(=O)[O-])C(=O)[C@]31C. The predicted octanol–water partition coefficient (Wildman–Crippen LogP) is 0.350. The molecule has 2 aromatic rings. The van der Waals surface area contributed by atoms with Crippen LogP contribution in [0.1, 0.15) is 25.1 Å². The number of fused-ring (bicyclic) bond motifs is 5. The van der Waals surface area contributed by atoms with Crippen LogP contribution in [0.15, 0.2) is 18.2 Å². The maximum Gasteiger partial charge on any atom is 0.328 e. The molecule has 0 unspecified atom stereocenters. The summed E-state index contributed by atoms with van der Waals surface area (Å²) in [5.74, 6) is -1.32. The quantitative estimate of drug-likeness (QED) is 0.799. The largest absolute Gasteiger partial charge is 0.548 e. The zero-order valence-corrected chi connectivity index (χ0v) is 14.7. The van der Waals surface area contributed by atoms with Gasteiger partial charge in [-0.1, -0.05) is 0 Å². The molecule has 0 aliphatic carbocycles. The summed E-state index contributed by atoms with van der Waals surface area (Å²) in [6, 6.07) is 3.65. The summed E-state index contributed by atoms with van der Waals surface area (Å²) in [6.45, 7) is 3.26. The highest BCUT2D eigenvalue weighted by Crippen LogP contribution is 2.44. The van der Waals surface area contributed by atoms with Gasteiger partial charge in [0.05, 0.1) is 24.8 Å². The molecule has 1 aromatic heterocycles. The number of nitrogens with one attached hydrogen (secondary N) is 1. The van der Waals surface area contributed by atoms with Crippen LogP contribution in [0.5, 0.6) is 5.75 Å². The lowest BCUT2D eigenvalue weighted by atomic mass is 9.87. The van der Waals surface area contributed by atoms with Gasteiger partial charge in [-0.2, -0.15) is 0 Å². The van der Waals surface area contributed by atoms with Gasteiger partial charge >= 0.3 is 6.03 Å². The number of benzene rings is 1. The van der Waals surface area contributed by atoms with Gasteiger partial charge in [-0.15, -0.1) is 0 Å². The molecule has 3 amide bonds. The summed E-state index contributed by atoms with van der Waals surface area (Å²) in [5, 5.41) is 12.2. The molecule has 0 radical (unpaired) electrons. The van der Waals surface area contributed by atoms with Crippen molar-refractivity contribution in [2.24, 2.45) is 0 Å². The monoisotopic (exact) mass is 356 g/mol. The average Bonchev–Trinajstić information content (AvgIpc) is 3.08. The normalized spacial score (nSPS) is 23.2. The van der Waals surface area contributed by atoms with E-state index in [1.54, 1.807) is 14.0 Å². The molecule has 4 rings (SSSR count). The molecule has 8 nitrogen and oxygen atoms in total. The smallest absolute Gasteiger partial charge is 0.328 e. The van der Waals surface area contributed by atoms with E-state index >= 15 is 0 Å². The van der Waals surface area contributed by atoms with Crippen LogP contribution in [0.4, 0.5) is 4.79 Å². The maximum absolute atomic E-state index is 13.1. The molecular formula is C18H18N3O5-. The number of urea groups is 1. The first kappa shape index (κ1) is 16.4. The van der Waals surface area contributed by atoms with Crippen molar-refractivity contribution in [1.29, 1.82) is 0 Å². The molecule has 1 aromatic carbocycles. The molecule has 136 valence electrons. The summed E-state index contributed by atoms with van der Waals surface area (Å²) in [6.07, 6.45) is 0.560. The topological polar surface area (TPSA) is 106 Å². The van der Waals surface area contributed by atoms with E-state index < -0.39 is 29.5 Å². The summed E-state index contributed by atoms with van der Waals surface area (Å²) < 4.78 is 5.28. The first-order chi connectivity index (χ1) is 12.3. The van der Waals surface area contributed by atoms with Gasteiger partial charge in [-0.25, -0.2) is 4.79 Å². The molecular weight excluding hydrogens is 338 g/mol. The third-order valence-corrected chi connectivity index (χ3v) is 5.53. The Labute approximate surface area is 149 Å². The molecule has 1 N–H and O–H groups in total. The van der Waals surface area contributed by atoms with Crippen LogP contribution >= 0.6 is 0 Å². The Balaban J connectivity index is 1.89. The third-order valence-electron chi connectivity index (χ3n) is 5.53. The van der Waals surface area contributed by atoms with Crippen molar-refractivity contribution in [3.63, 3.8) is 0 Å². The molecule has 3 heterocycles. The number of ether oxygens (including phenoxy) is 1. The maximum atomic E-state index is 13.1. The Hall–Kier alpha value is -3.03. The van der Waals surface area contributed by atoms with Crippen molar-refractivity contribution in [2.75, 3.05) is 13.7 Å². The number of hydrogen-bond acceptors (Lipinski definition) is 5. The van der Waals surface area contributed by atoms with E-state index in [0.29, 0.717) is 24.4 Å². The Kier molecular flexibility index (Phi) is 3.31. The number of hydrogen-bond donors (Lipinski definition) is 1. The number of methoxy groups -OCH3 is 1. The van der Waals surface area contributed by atoms with E-state index in [9.17, 15) is 19.5 Å². The minimum atomic E-state index is -1.46. The summed E-state index contributed by atoms with van der Waals surface area (Å²) in [4.78, 5) is 42.6. The summed E-state index contributed by atoms with van der Waals surface area (Å²) in [5.41, 5.74) is 1.14. The van der Waals surface area contributed by atoms with Gasteiger partial charge in [0.2, 0.25) is 0 Å². The second-order valence-corrected chi connectivity index (χ2v) is 6.82. The zero-order valence-electron chi connectivity index (χ0n) is 14.7. The fourth-order valence-corrected chi connectivity index (χ4v) is 4.02. The van der Waals surface area contributed by atoms with Crippen LogP contribution in [-0.4, -0.2) is 52.4 Å². The molecule has 0 spiro atoms. The van der Waals surface area contributed by atoms with Gasteiger partial charge in [-0.3, -0.25) is 9.69 Å². The first-order valence-corrected chi connectivity index (χ1v) is 8.36. The lowest BCUT2D eigenvalue weighted by Gasteiger charge is -2.36. The molecule has 1 saturated heterocycles. The van der Waals surface area contributed by atoms with Crippen molar-refractivity contribution in [1.82, 2.24) is 14.8 Å². The van der Waals surface area contributed by atoms with Crippen molar-refractivity contribution in [3.8, 4) is 5.75 Å². The van der Waals surface area contributed by atoms with E-state index in [1.165, 1.54) is 11.8 Å². The van der Waals surface area contributed by atoms with Crippen LogP contribution in [0.2, 0.25) is 0 Å². The Morgan fingerprint density at radius 3 is 2.77 bits per heavy atom. The third kappa shape index (κ3) is 1.86. The fourth-order valence-electron chi connectivity index (χ4n) is 4.02. The fraction of sp³-hybridized carbons (Fsp3) is 0.389. The van der Waals surface area contributed by atoms with Gasteiger partial charge < -0.3 is 24.5 Å². The lowest BCUT2D eigenvalue weighted by molar-refractivity contribution is -0.309. The highest BCUT2D eigenvalue weighted by atomic mass is 16.5. The van der Waals surface area contributed by atoms with Crippen LogP contribution in [0, 0.1) is 0 Å². The molecule has 26 heavy (non-hydrogen) atoms. The average molecular weight is 356 g/mol. The van der Waals surface area contributed by atoms with Gasteiger partial charge in [0, 0.05) is 17.4 Å². The number of carbonyl (C=O) groups is 3. The van der Waals surface area contributed by atoms with E-state index in [1.807, 2.05) is 18.2 Å². The number of aromatic nitrogens is 1. The number of rotatable bonds is 3. The molecule has 2 aliphatic rings. The van der Waals surface area contributed by atoms with Gasteiger partial charge in [-0.05, 0) is 44.0 Å². The van der Waals surface area contributed by atoms with Crippen molar-refractivity contribution in [3.05, 3.63) is 29.5 Å². The van der Waals surface area contributed by atoms with Crippen molar-refractivity contribution < 1.29 is 24.2 Å². The molecule has 0 bridgehead atoms. The van der Waals surface area contributed by atoms with E-state index in [2.05, 4.69) is 4.98 Å². The predicted molar refractivity (Wildman–Crippen MR) is 89.3 cm³/mol. The number of imide groups is 1. The van der Waals surface area contributed by atoms with Crippen LogP contribution in [-0.2, 0) is 21.5 Å². The highest BCUT2D eigenvalue weighted by Gasteiger charge is 2.59. The standard InChI is InChI=1S/C18H19N3O5/c1-9(15(22)23)21-16(24)18(2)14-11(6-7-20(18)17(21)25)12-8-10(26-3)4-5-13(12)19-14/h4-5,8-9,19H,6-7H2,1-3H3,(H,22,23)/p-1/t9-,18-/m0/s1. The number of H-pyrrole nitrogens is 1. The second kappa shape index (κ2) is 5.23. The minimum absolute atomic E-state index is 0.328. The van der Waals surface area contributed by atoms with Gasteiger partial charge in [0.1, 0.15) is 5.75 Å². The number of aromatic amines is 1. The van der Waals surface area contributed by atoms with Crippen LogP contribution in [0.25, 0.3) is 10.9 Å². The molecule has 0 saturated carbocycles. The number of carbonyl (C=O) groups excluding carboxylic acids is 3. The molecule has 2 aliphatic heterocycles. The zero-order chi connectivity index (χ0) is 18.8. The van der Waals surface area contributed by atoms with E-state index in [-0.39, 0.29) is 0 Å². The second-order valence-electron chi connectivity index (χ2n) is 6.82. The Bertz CT molecular complexity index is 965. The van der Waals surface area contributed by atoms with Gasteiger partial charge in [0.15, 0.2) is 5.54 Å². The van der Waals surface area contributed by atoms with Gasteiger partial charge in [0.25, 0.3) is 5.91 Å². The molecule has 2 atom stereocenters. The van der Waals surface area contributed by atoms with Crippen LogP contribution < -0.4 is 9.84 Å². The van der Waals surface area contributed by atoms with E-state index in [4.69, 9.17) is 4.74 Å². The Morgan fingerprint density at radius 2 is 2.12 bits per heavy atom. The van der Waals surface area contributed by atoms with E-state index in [0.717, 1.165) is 21.4 Å². The Morgan fingerprint density at radius 1 is 1.38 bits per heavy atom. The lowest BCUT2D eigenvalue weighted by Crippen LogP contribution is -2.50. The van der Waals surface area contributed by atoms with Crippen LogP contribution in [0.3, 0.4) is 0 Å². The van der Waals surface area contributed by atoms with Crippen molar-refractivity contribution in [2.45, 2.75) is 31.8 Å². The number of nitrogens with zero attached hydrogens (tertiary/aromatic N) is 2. The number of amides is 3. The molecule has 1 fully saturated rings. The number of carboxylic acids is 1. The molecule has 8 heteroatoms. The van der Waals surface area contributed by atoms with Crippen molar-refractivity contribution >= 4 is 28.8 Å². The highest BCUT2D eigenvalue weighted by molar-refractivity contribution is 6.10.